The summed E-state index contributed by atoms with van der Waals surface area (Å²) in [6, 6.07) is 8.11. The van der Waals surface area contributed by atoms with Gasteiger partial charge in [-0.25, -0.2) is 0 Å². The number of nitrogens with one attached hydrogen (secondary N) is 1. The van der Waals surface area contributed by atoms with Gasteiger partial charge in [-0.15, -0.1) is 11.8 Å². The van der Waals surface area contributed by atoms with Gasteiger partial charge in [-0.2, -0.15) is 0 Å². The summed E-state index contributed by atoms with van der Waals surface area (Å²) < 4.78 is 4.58. The van der Waals surface area contributed by atoms with Gasteiger partial charge in [0.1, 0.15) is 0 Å². The summed E-state index contributed by atoms with van der Waals surface area (Å²) in [5, 5.41) is 3.09. The lowest BCUT2D eigenvalue weighted by atomic mass is 10.2. The molecule has 0 unspecified atom stereocenters. The van der Waals surface area contributed by atoms with Crippen LogP contribution in [0, 0.1) is 0 Å². The zero-order valence-corrected chi connectivity index (χ0v) is 9.76. The van der Waals surface area contributed by atoms with Gasteiger partial charge < -0.3 is 10.1 Å². The monoisotopic (exact) mass is 225 g/mol. The van der Waals surface area contributed by atoms with Crippen molar-refractivity contribution < 1.29 is 9.53 Å². The van der Waals surface area contributed by atoms with Crippen LogP contribution in [0.5, 0.6) is 0 Å². The fourth-order valence-electron chi connectivity index (χ4n) is 1.15. The minimum Gasteiger partial charge on any atom is -0.468 e. The molecule has 0 radical (unpaired) electrons. The van der Waals surface area contributed by atoms with Gasteiger partial charge in [0.2, 0.25) is 0 Å². The maximum absolute atomic E-state index is 10.9. The van der Waals surface area contributed by atoms with Crippen molar-refractivity contribution in [3.05, 3.63) is 29.8 Å². The molecule has 0 atom stereocenters. The van der Waals surface area contributed by atoms with E-state index in [9.17, 15) is 4.79 Å². The number of ether oxygens (including phenoxy) is 1. The number of hydrogen-bond acceptors (Lipinski definition) is 4. The second-order valence-electron chi connectivity index (χ2n) is 3.04. The molecule has 0 fully saturated rings. The standard InChI is InChI=1S/C11H15NO2S/c1-12-7-9-4-3-5-10(6-9)15-8-11(13)14-2/h3-6,12H,7-8H2,1-2H3. The van der Waals surface area contributed by atoms with Crippen LogP contribution >= 0.6 is 11.8 Å². The highest BCUT2D eigenvalue weighted by Gasteiger charge is 2.02. The van der Waals surface area contributed by atoms with Crippen LogP contribution in [0.3, 0.4) is 0 Å². The molecular weight excluding hydrogens is 210 g/mol. The first-order valence-electron chi connectivity index (χ1n) is 4.69. The number of rotatable bonds is 5. The fraction of sp³-hybridized carbons (Fsp3) is 0.364. The maximum Gasteiger partial charge on any atom is 0.315 e. The zero-order chi connectivity index (χ0) is 11.1. The molecule has 0 spiro atoms. The predicted octanol–water partition coefficient (Wildman–Crippen LogP) is 1.67. The number of thioether (sulfide) groups is 1. The summed E-state index contributed by atoms with van der Waals surface area (Å²) in [5.74, 6) is 0.165. The van der Waals surface area contributed by atoms with Gasteiger partial charge in [0.15, 0.2) is 0 Å². The first-order chi connectivity index (χ1) is 7.26. The van der Waals surface area contributed by atoms with E-state index >= 15 is 0 Å². The molecule has 0 heterocycles. The molecule has 0 aliphatic heterocycles. The molecule has 4 heteroatoms. The lowest BCUT2D eigenvalue weighted by Crippen LogP contribution is -2.05. The Balaban J connectivity index is 2.53. The van der Waals surface area contributed by atoms with Crippen molar-refractivity contribution in [3.8, 4) is 0 Å². The van der Waals surface area contributed by atoms with Crippen molar-refractivity contribution in [1.29, 1.82) is 0 Å². The van der Waals surface area contributed by atoms with Gasteiger partial charge in [-0.05, 0) is 24.7 Å². The highest BCUT2D eigenvalue weighted by molar-refractivity contribution is 8.00. The molecule has 0 saturated carbocycles. The highest BCUT2D eigenvalue weighted by atomic mass is 32.2. The van der Waals surface area contributed by atoms with E-state index in [1.54, 1.807) is 0 Å². The van der Waals surface area contributed by atoms with Gasteiger partial charge in [0, 0.05) is 11.4 Å². The third-order valence-corrected chi connectivity index (χ3v) is 2.83. The molecule has 1 aromatic carbocycles. The molecule has 1 rings (SSSR count). The van der Waals surface area contributed by atoms with Crippen molar-refractivity contribution in [2.45, 2.75) is 11.4 Å². The number of methoxy groups -OCH3 is 1. The lowest BCUT2D eigenvalue weighted by Gasteiger charge is -2.03. The summed E-state index contributed by atoms with van der Waals surface area (Å²) >= 11 is 1.49. The number of benzene rings is 1. The zero-order valence-electron chi connectivity index (χ0n) is 8.95. The van der Waals surface area contributed by atoms with Gasteiger partial charge >= 0.3 is 5.97 Å². The predicted molar refractivity (Wildman–Crippen MR) is 61.9 cm³/mol. The van der Waals surface area contributed by atoms with Crippen LogP contribution < -0.4 is 5.32 Å². The second kappa shape index (κ2) is 6.48. The van der Waals surface area contributed by atoms with Gasteiger partial charge in [0.05, 0.1) is 12.9 Å². The van der Waals surface area contributed by atoms with Gasteiger partial charge in [0.25, 0.3) is 0 Å². The molecule has 1 aromatic rings. The fourth-order valence-corrected chi connectivity index (χ4v) is 1.96. The average Bonchev–Trinajstić information content (AvgIpc) is 2.27. The smallest absolute Gasteiger partial charge is 0.315 e. The average molecular weight is 225 g/mol. The van der Waals surface area contributed by atoms with Crippen LogP contribution in [0.1, 0.15) is 5.56 Å². The number of carbonyl (C=O) groups is 1. The van der Waals surface area contributed by atoms with Crippen molar-refractivity contribution >= 4 is 17.7 Å². The highest BCUT2D eigenvalue weighted by Crippen LogP contribution is 2.19. The van der Waals surface area contributed by atoms with E-state index in [4.69, 9.17) is 0 Å². The van der Waals surface area contributed by atoms with Crippen LogP contribution in [-0.2, 0) is 16.1 Å². The van der Waals surface area contributed by atoms with Crippen molar-refractivity contribution in [2.24, 2.45) is 0 Å². The van der Waals surface area contributed by atoms with Crippen LogP contribution in [0.25, 0.3) is 0 Å². The molecular formula is C11H15NO2S. The minimum absolute atomic E-state index is 0.195. The van der Waals surface area contributed by atoms with E-state index in [2.05, 4.69) is 22.2 Å². The van der Waals surface area contributed by atoms with E-state index in [1.165, 1.54) is 24.4 Å². The number of hydrogen-bond donors (Lipinski definition) is 1. The Bertz CT molecular complexity index is 328. The third kappa shape index (κ3) is 4.36. The van der Waals surface area contributed by atoms with Crippen molar-refractivity contribution in [3.63, 3.8) is 0 Å². The van der Waals surface area contributed by atoms with Crippen LogP contribution in [0.15, 0.2) is 29.2 Å². The third-order valence-electron chi connectivity index (χ3n) is 1.86. The van der Waals surface area contributed by atoms with Crippen LogP contribution in [0.4, 0.5) is 0 Å². The van der Waals surface area contributed by atoms with Gasteiger partial charge in [-0.1, -0.05) is 12.1 Å². The Morgan fingerprint density at radius 2 is 2.33 bits per heavy atom. The molecule has 0 bridgehead atoms. The summed E-state index contributed by atoms with van der Waals surface area (Å²) in [6.45, 7) is 0.840. The van der Waals surface area contributed by atoms with Crippen LogP contribution in [0.2, 0.25) is 0 Å². The lowest BCUT2D eigenvalue weighted by molar-refractivity contribution is -0.137. The Labute approximate surface area is 94.2 Å². The molecule has 15 heavy (non-hydrogen) atoms. The number of esters is 1. The van der Waals surface area contributed by atoms with E-state index < -0.39 is 0 Å². The first-order valence-corrected chi connectivity index (χ1v) is 5.68. The molecule has 1 N–H and O–H groups in total. The largest absolute Gasteiger partial charge is 0.468 e. The minimum atomic E-state index is -0.195. The first kappa shape index (κ1) is 12.1. The van der Waals surface area contributed by atoms with Crippen molar-refractivity contribution in [2.75, 3.05) is 19.9 Å². The van der Waals surface area contributed by atoms with E-state index in [-0.39, 0.29) is 5.97 Å². The van der Waals surface area contributed by atoms with Gasteiger partial charge in [-0.3, -0.25) is 4.79 Å². The summed E-state index contributed by atoms with van der Waals surface area (Å²) in [4.78, 5) is 12.0. The molecule has 3 nitrogen and oxygen atoms in total. The summed E-state index contributed by atoms with van der Waals surface area (Å²) in [5.41, 5.74) is 1.22. The molecule has 0 aliphatic carbocycles. The summed E-state index contributed by atoms with van der Waals surface area (Å²) in [7, 11) is 3.31. The topological polar surface area (TPSA) is 38.3 Å². The molecule has 82 valence electrons. The molecule has 0 saturated heterocycles. The molecule has 0 aromatic heterocycles. The normalized spacial score (nSPS) is 10.0. The SMILES string of the molecule is CNCc1cccc(SCC(=O)OC)c1. The van der Waals surface area contributed by atoms with Crippen LogP contribution in [-0.4, -0.2) is 25.9 Å². The van der Waals surface area contributed by atoms with E-state index in [1.807, 2.05) is 19.2 Å². The number of carbonyl (C=O) groups excluding carboxylic acids is 1. The van der Waals surface area contributed by atoms with E-state index in [0.717, 1.165) is 11.4 Å². The quantitative estimate of drug-likeness (QED) is 0.611. The molecule has 0 amide bonds. The van der Waals surface area contributed by atoms with E-state index in [0.29, 0.717) is 5.75 Å². The Hall–Kier alpha value is -1.00. The summed E-state index contributed by atoms with van der Waals surface area (Å²) in [6.07, 6.45) is 0. The Morgan fingerprint density at radius 1 is 1.53 bits per heavy atom. The Kier molecular flexibility index (Phi) is 5.21. The molecule has 0 aliphatic rings. The Morgan fingerprint density at radius 3 is 3.00 bits per heavy atom. The second-order valence-corrected chi connectivity index (χ2v) is 4.09. The maximum atomic E-state index is 10.9. The van der Waals surface area contributed by atoms with Crippen molar-refractivity contribution in [1.82, 2.24) is 5.32 Å².